The van der Waals surface area contributed by atoms with Crippen LogP contribution in [-0.4, -0.2) is 32.2 Å². The lowest BCUT2D eigenvalue weighted by atomic mass is 9.88. The molecular weight excluding hydrogens is 440 g/mol. The van der Waals surface area contributed by atoms with Crippen molar-refractivity contribution in [3.05, 3.63) is 58.3 Å². The summed E-state index contributed by atoms with van der Waals surface area (Å²) in [7, 11) is 0. The predicted octanol–water partition coefficient (Wildman–Crippen LogP) is 5.25. The standard InChI is InChI=1S/C24H26N4O2S2/c1-4-11-28-23(20-13-31-21-12-15(2)5-10-19(20)21)26-27-24(28)32-14-22(30)25-18-8-6-17(7-9-18)16(3)29/h4,6-9,13,15H,1,5,10-12,14H2,2-3H3,(H,25,30). The number of aromatic nitrogens is 3. The number of Topliss-reactive ketones (excluding diaryl/α,β-unsaturated/α-hetero) is 1. The Morgan fingerprint density at radius 1 is 1.31 bits per heavy atom. The van der Waals surface area contributed by atoms with E-state index in [0.717, 1.165) is 30.1 Å². The molecule has 2 aromatic heterocycles. The Labute approximate surface area is 196 Å². The molecule has 1 atom stereocenters. The molecular formula is C24H26N4O2S2. The fourth-order valence-corrected chi connectivity index (χ4v) is 5.86. The fourth-order valence-electron chi connectivity index (χ4n) is 3.87. The van der Waals surface area contributed by atoms with Crippen molar-refractivity contribution in [2.24, 2.45) is 5.92 Å². The smallest absolute Gasteiger partial charge is 0.234 e. The lowest BCUT2D eigenvalue weighted by Crippen LogP contribution is -2.15. The van der Waals surface area contributed by atoms with Gasteiger partial charge in [-0.3, -0.25) is 14.2 Å². The number of ketones is 1. The molecule has 0 spiro atoms. The molecule has 2 heterocycles. The molecule has 1 unspecified atom stereocenters. The lowest BCUT2D eigenvalue weighted by molar-refractivity contribution is -0.113. The number of hydrogen-bond acceptors (Lipinski definition) is 6. The maximum absolute atomic E-state index is 12.5. The molecule has 6 nitrogen and oxygen atoms in total. The van der Waals surface area contributed by atoms with E-state index in [0.29, 0.717) is 23.0 Å². The largest absolute Gasteiger partial charge is 0.325 e. The molecule has 0 saturated carbocycles. The zero-order valence-electron chi connectivity index (χ0n) is 18.3. The Balaban J connectivity index is 1.46. The molecule has 1 aliphatic carbocycles. The van der Waals surface area contributed by atoms with Gasteiger partial charge in [-0.25, -0.2) is 0 Å². The van der Waals surface area contributed by atoms with E-state index in [1.807, 2.05) is 22.0 Å². The molecule has 1 amide bonds. The Bertz CT molecular complexity index is 1150. The number of nitrogens with zero attached hydrogens (tertiary/aromatic N) is 3. The van der Waals surface area contributed by atoms with E-state index in [2.05, 4.69) is 34.4 Å². The van der Waals surface area contributed by atoms with Crippen LogP contribution in [0.4, 0.5) is 5.69 Å². The summed E-state index contributed by atoms with van der Waals surface area (Å²) in [6, 6.07) is 6.89. The van der Waals surface area contributed by atoms with E-state index in [1.54, 1.807) is 24.3 Å². The molecule has 1 N–H and O–H groups in total. The predicted molar refractivity (Wildman–Crippen MR) is 131 cm³/mol. The summed E-state index contributed by atoms with van der Waals surface area (Å²) in [4.78, 5) is 25.3. The molecule has 0 radical (unpaired) electrons. The van der Waals surface area contributed by atoms with Crippen molar-refractivity contribution in [1.29, 1.82) is 0 Å². The van der Waals surface area contributed by atoms with Crippen LogP contribution >= 0.6 is 23.1 Å². The summed E-state index contributed by atoms with van der Waals surface area (Å²) in [6.45, 7) is 8.29. The average molecular weight is 467 g/mol. The Hall–Kier alpha value is -2.71. The number of carbonyl (C=O) groups is 2. The Kier molecular flexibility index (Phi) is 6.91. The van der Waals surface area contributed by atoms with Crippen molar-refractivity contribution in [2.45, 2.75) is 44.8 Å². The van der Waals surface area contributed by atoms with E-state index in [-0.39, 0.29) is 17.4 Å². The first-order valence-electron chi connectivity index (χ1n) is 10.6. The highest BCUT2D eigenvalue weighted by Gasteiger charge is 2.24. The normalized spacial score (nSPS) is 15.2. The van der Waals surface area contributed by atoms with Gasteiger partial charge in [-0.1, -0.05) is 24.8 Å². The highest BCUT2D eigenvalue weighted by molar-refractivity contribution is 7.99. The number of anilines is 1. The molecule has 0 bridgehead atoms. The van der Waals surface area contributed by atoms with Gasteiger partial charge in [0.2, 0.25) is 5.91 Å². The van der Waals surface area contributed by atoms with Gasteiger partial charge in [0.05, 0.1) is 5.75 Å². The van der Waals surface area contributed by atoms with Crippen molar-refractivity contribution in [3.63, 3.8) is 0 Å². The van der Waals surface area contributed by atoms with Gasteiger partial charge in [0.1, 0.15) is 0 Å². The van der Waals surface area contributed by atoms with Crippen LogP contribution < -0.4 is 5.32 Å². The third kappa shape index (κ3) is 4.86. The number of thioether (sulfide) groups is 1. The van der Waals surface area contributed by atoms with Crippen LogP contribution in [0.15, 0.2) is 47.5 Å². The maximum Gasteiger partial charge on any atom is 0.234 e. The number of thiophene rings is 1. The van der Waals surface area contributed by atoms with E-state index < -0.39 is 0 Å². The third-order valence-electron chi connectivity index (χ3n) is 5.58. The van der Waals surface area contributed by atoms with E-state index in [4.69, 9.17) is 0 Å². The zero-order valence-corrected chi connectivity index (χ0v) is 19.9. The van der Waals surface area contributed by atoms with Gasteiger partial charge in [0, 0.05) is 33.6 Å². The quantitative estimate of drug-likeness (QED) is 0.279. The summed E-state index contributed by atoms with van der Waals surface area (Å²) in [5.41, 5.74) is 3.84. The van der Waals surface area contributed by atoms with E-state index >= 15 is 0 Å². The topological polar surface area (TPSA) is 76.9 Å². The van der Waals surface area contributed by atoms with Crippen LogP contribution in [0.25, 0.3) is 11.4 Å². The van der Waals surface area contributed by atoms with Crippen molar-refractivity contribution in [3.8, 4) is 11.4 Å². The van der Waals surface area contributed by atoms with Gasteiger partial charge in [-0.2, -0.15) is 0 Å². The van der Waals surface area contributed by atoms with Crippen molar-refractivity contribution in [2.75, 3.05) is 11.1 Å². The first kappa shape index (κ1) is 22.5. The number of benzene rings is 1. The Morgan fingerprint density at radius 3 is 2.81 bits per heavy atom. The van der Waals surface area contributed by atoms with Gasteiger partial charge < -0.3 is 5.32 Å². The van der Waals surface area contributed by atoms with E-state index in [1.165, 1.54) is 35.5 Å². The maximum atomic E-state index is 12.5. The second kappa shape index (κ2) is 9.83. The first-order chi connectivity index (χ1) is 15.5. The number of nitrogens with one attached hydrogen (secondary N) is 1. The summed E-state index contributed by atoms with van der Waals surface area (Å²) in [6.07, 6.45) is 5.23. The highest BCUT2D eigenvalue weighted by atomic mass is 32.2. The minimum Gasteiger partial charge on any atom is -0.325 e. The van der Waals surface area contributed by atoms with E-state index in [9.17, 15) is 9.59 Å². The molecule has 1 aliphatic rings. The number of fused-ring (bicyclic) bond motifs is 1. The lowest BCUT2D eigenvalue weighted by Gasteiger charge is -2.19. The van der Waals surface area contributed by atoms with Crippen LogP contribution in [0.1, 0.15) is 41.1 Å². The minimum atomic E-state index is -0.137. The van der Waals surface area contributed by atoms with Crippen LogP contribution in [-0.2, 0) is 24.2 Å². The minimum absolute atomic E-state index is 0.00260. The van der Waals surface area contributed by atoms with Crippen LogP contribution in [0.2, 0.25) is 0 Å². The molecule has 32 heavy (non-hydrogen) atoms. The molecule has 8 heteroatoms. The number of amides is 1. The van der Waals surface area contributed by atoms with Gasteiger partial charge in [-0.15, -0.1) is 28.1 Å². The van der Waals surface area contributed by atoms with Gasteiger partial charge in [-0.05, 0) is 61.9 Å². The second-order valence-corrected chi connectivity index (χ2v) is 9.98. The molecule has 0 fully saturated rings. The summed E-state index contributed by atoms with van der Waals surface area (Å²) in [5.74, 6) is 1.64. The van der Waals surface area contributed by atoms with Crippen LogP contribution in [0, 0.1) is 5.92 Å². The Morgan fingerprint density at radius 2 is 2.09 bits per heavy atom. The van der Waals surface area contributed by atoms with Crippen LogP contribution in [0.5, 0.6) is 0 Å². The first-order valence-corrected chi connectivity index (χ1v) is 12.5. The monoisotopic (exact) mass is 466 g/mol. The summed E-state index contributed by atoms with van der Waals surface area (Å²) in [5, 5.41) is 14.6. The average Bonchev–Trinajstić information content (AvgIpc) is 3.36. The molecule has 3 aromatic rings. The molecule has 1 aromatic carbocycles. The van der Waals surface area contributed by atoms with Crippen molar-refractivity contribution < 1.29 is 9.59 Å². The molecule has 0 aliphatic heterocycles. The molecule has 166 valence electrons. The number of allylic oxidation sites excluding steroid dienone is 1. The van der Waals surface area contributed by atoms with Crippen molar-refractivity contribution in [1.82, 2.24) is 14.8 Å². The SMILES string of the molecule is C=CCn1c(SCC(=O)Nc2ccc(C(C)=O)cc2)nnc1-c1csc2c1CCC(C)C2. The van der Waals surface area contributed by atoms with Gasteiger partial charge >= 0.3 is 0 Å². The fraction of sp³-hybridized carbons (Fsp3) is 0.333. The third-order valence-corrected chi connectivity index (χ3v) is 7.60. The van der Waals surface area contributed by atoms with Crippen LogP contribution in [0.3, 0.4) is 0 Å². The molecule has 4 rings (SSSR count). The number of hydrogen-bond donors (Lipinski definition) is 1. The summed E-state index contributed by atoms with van der Waals surface area (Å²) < 4.78 is 2.03. The van der Waals surface area contributed by atoms with Gasteiger partial charge in [0.25, 0.3) is 0 Å². The second-order valence-electron chi connectivity index (χ2n) is 8.07. The summed E-state index contributed by atoms with van der Waals surface area (Å²) >= 11 is 3.17. The zero-order chi connectivity index (χ0) is 22.7. The molecule has 0 saturated heterocycles. The number of carbonyl (C=O) groups excluding carboxylic acids is 2. The number of rotatable bonds is 8. The highest BCUT2D eigenvalue weighted by Crippen LogP contribution is 2.38. The van der Waals surface area contributed by atoms with Gasteiger partial charge in [0.15, 0.2) is 16.8 Å². The van der Waals surface area contributed by atoms with Crippen molar-refractivity contribution >= 4 is 40.5 Å².